The second kappa shape index (κ2) is 5.12. The number of hydrogen-bond acceptors (Lipinski definition) is 3. The average Bonchev–Trinajstić information content (AvgIpc) is 2.64. The normalized spacial score (nSPS) is 14.7. The van der Waals surface area contributed by atoms with E-state index in [0.717, 1.165) is 25.2 Å². The molecule has 3 N–H and O–H groups in total. The number of carbonyl (C=O) groups is 1. The zero-order valence-electron chi connectivity index (χ0n) is 10.2. The van der Waals surface area contributed by atoms with Gasteiger partial charge in [-0.1, -0.05) is 0 Å². The van der Waals surface area contributed by atoms with E-state index in [1.807, 2.05) is 20.0 Å². The Balaban J connectivity index is 2.46. The fourth-order valence-electron chi connectivity index (χ4n) is 1.61. The van der Waals surface area contributed by atoms with Crippen LogP contribution in [0.3, 0.4) is 0 Å². The Labute approximate surface area is 96.0 Å². The van der Waals surface area contributed by atoms with E-state index in [4.69, 9.17) is 5.73 Å². The standard InChI is InChI=1S/C11H20N4O/c1-9-14-6-8-15(9)7-4-5-11(2,13-3)10(12)16/h6,8,13H,4-5,7H2,1-3H3,(H2,12,16). The molecule has 1 amide bonds. The second-order valence-electron chi connectivity index (χ2n) is 4.22. The first-order chi connectivity index (χ1) is 7.49. The van der Waals surface area contributed by atoms with Crippen molar-refractivity contribution in [2.75, 3.05) is 7.05 Å². The Morgan fingerprint density at radius 2 is 2.38 bits per heavy atom. The molecule has 0 aliphatic heterocycles. The summed E-state index contributed by atoms with van der Waals surface area (Å²) in [5, 5.41) is 2.97. The van der Waals surface area contributed by atoms with E-state index < -0.39 is 5.54 Å². The minimum atomic E-state index is -0.617. The number of hydrogen-bond donors (Lipinski definition) is 2. The third kappa shape index (κ3) is 2.82. The van der Waals surface area contributed by atoms with E-state index in [0.29, 0.717) is 0 Å². The number of aromatic nitrogens is 2. The molecule has 16 heavy (non-hydrogen) atoms. The summed E-state index contributed by atoms with van der Waals surface area (Å²) in [7, 11) is 1.76. The molecule has 0 radical (unpaired) electrons. The van der Waals surface area contributed by atoms with E-state index in [-0.39, 0.29) is 5.91 Å². The predicted molar refractivity (Wildman–Crippen MR) is 62.9 cm³/mol. The number of imidazole rings is 1. The summed E-state index contributed by atoms with van der Waals surface area (Å²) in [6, 6.07) is 0. The zero-order chi connectivity index (χ0) is 12.2. The molecular formula is C11H20N4O. The summed E-state index contributed by atoms with van der Waals surface area (Å²) in [4.78, 5) is 15.4. The fourth-order valence-corrected chi connectivity index (χ4v) is 1.61. The van der Waals surface area contributed by atoms with Crippen molar-refractivity contribution in [2.45, 2.75) is 38.8 Å². The monoisotopic (exact) mass is 224 g/mol. The van der Waals surface area contributed by atoms with Crippen LogP contribution in [0.5, 0.6) is 0 Å². The number of likely N-dealkylation sites (N-methyl/N-ethyl adjacent to an activating group) is 1. The maximum Gasteiger partial charge on any atom is 0.237 e. The highest BCUT2D eigenvalue weighted by Gasteiger charge is 2.27. The van der Waals surface area contributed by atoms with Crippen molar-refractivity contribution in [3.8, 4) is 0 Å². The molecule has 0 aliphatic carbocycles. The lowest BCUT2D eigenvalue weighted by Crippen LogP contribution is -2.51. The van der Waals surface area contributed by atoms with E-state index >= 15 is 0 Å². The number of rotatable bonds is 6. The van der Waals surface area contributed by atoms with Gasteiger partial charge in [-0.3, -0.25) is 4.79 Å². The molecule has 0 fully saturated rings. The molecular weight excluding hydrogens is 204 g/mol. The Morgan fingerprint density at radius 1 is 1.69 bits per heavy atom. The summed E-state index contributed by atoms with van der Waals surface area (Å²) in [5.74, 6) is 0.683. The average molecular weight is 224 g/mol. The first-order valence-electron chi connectivity index (χ1n) is 5.46. The van der Waals surface area contributed by atoms with Crippen LogP contribution in [0.4, 0.5) is 0 Å². The maximum atomic E-state index is 11.3. The van der Waals surface area contributed by atoms with Crippen LogP contribution in [-0.2, 0) is 11.3 Å². The summed E-state index contributed by atoms with van der Waals surface area (Å²) in [6.07, 6.45) is 5.32. The molecule has 0 aliphatic rings. The minimum Gasteiger partial charge on any atom is -0.368 e. The van der Waals surface area contributed by atoms with Crippen molar-refractivity contribution in [3.05, 3.63) is 18.2 Å². The van der Waals surface area contributed by atoms with Crippen LogP contribution >= 0.6 is 0 Å². The number of nitrogens with one attached hydrogen (secondary N) is 1. The Bertz CT molecular complexity index is 361. The molecule has 1 aromatic rings. The number of nitrogens with zero attached hydrogens (tertiary/aromatic N) is 2. The van der Waals surface area contributed by atoms with Crippen molar-refractivity contribution < 1.29 is 4.79 Å². The quantitative estimate of drug-likeness (QED) is 0.736. The maximum absolute atomic E-state index is 11.3. The lowest BCUT2D eigenvalue weighted by molar-refractivity contribution is -0.123. The molecule has 90 valence electrons. The van der Waals surface area contributed by atoms with Gasteiger partial charge >= 0.3 is 0 Å². The van der Waals surface area contributed by atoms with Crippen molar-refractivity contribution in [3.63, 3.8) is 0 Å². The molecule has 1 rings (SSSR count). The summed E-state index contributed by atoms with van der Waals surface area (Å²) in [5.41, 5.74) is 4.73. The lowest BCUT2D eigenvalue weighted by atomic mass is 9.95. The van der Waals surface area contributed by atoms with Crippen LogP contribution in [0, 0.1) is 6.92 Å². The fraction of sp³-hybridized carbons (Fsp3) is 0.636. The molecule has 0 saturated heterocycles. The summed E-state index contributed by atoms with van der Waals surface area (Å²) < 4.78 is 2.07. The molecule has 1 atom stereocenters. The van der Waals surface area contributed by atoms with Gasteiger partial charge in [0.2, 0.25) is 5.91 Å². The Morgan fingerprint density at radius 3 is 2.81 bits per heavy atom. The Kier molecular flexibility index (Phi) is 4.06. The van der Waals surface area contributed by atoms with Crippen LogP contribution in [-0.4, -0.2) is 28.0 Å². The zero-order valence-corrected chi connectivity index (χ0v) is 10.2. The molecule has 0 aromatic carbocycles. The molecule has 0 bridgehead atoms. The first-order valence-corrected chi connectivity index (χ1v) is 5.46. The van der Waals surface area contributed by atoms with Gasteiger partial charge in [0.05, 0.1) is 5.54 Å². The van der Waals surface area contributed by atoms with Crippen LogP contribution in [0.1, 0.15) is 25.6 Å². The third-order valence-corrected chi connectivity index (χ3v) is 3.10. The van der Waals surface area contributed by atoms with Crippen molar-refractivity contribution in [2.24, 2.45) is 5.73 Å². The first kappa shape index (κ1) is 12.7. The van der Waals surface area contributed by atoms with E-state index in [1.165, 1.54) is 0 Å². The number of amides is 1. The van der Waals surface area contributed by atoms with Crippen molar-refractivity contribution >= 4 is 5.91 Å². The SMILES string of the molecule is CNC(C)(CCCn1ccnc1C)C(N)=O. The van der Waals surface area contributed by atoms with Gasteiger partial charge in [-0.25, -0.2) is 4.98 Å². The van der Waals surface area contributed by atoms with Gasteiger partial charge in [-0.2, -0.15) is 0 Å². The van der Waals surface area contributed by atoms with E-state index in [2.05, 4.69) is 14.9 Å². The van der Waals surface area contributed by atoms with Crippen LogP contribution in [0.2, 0.25) is 0 Å². The molecule has 5 nitrogen and oxygen atoms in total. The van der Waals surface area contributed by atoms with Gasteiger partial charge in [-0.15, -0.1) is 0 Å². The minimum absolute atomic E-state index is 0.308. The van der Waals surface area contributed by atoms with Crippen molar-refractivity contribution in [1.29, 1.82) is 0 Å². The van der Waals surface area contributed by atoms with Gasteiger partial charge in [0.1, 0.15) is 5.82 Å². The second-order valence-corrected chi connectivity index (χ2v) is 4.22. The highest BCUT2D eigenvalue weighted by atomic mass is 16.1. The molecule has 1 aromatic heterocycles. The van der Waals surface area contributed by atoms with Gasteiger partial charge in [0.15, 0.2) is 0 Å². The lowest BCUT2D eigenvalue weighted by Gasteiger charge is -2.25. The van der Waals surface area contributed by atoms with Gasteiger partial charge < -0.3 is 15.6 Å². The number of primary amides is 1. The number of carbonyl (C=O) groups excluding carboxylic acids is 1. The third-order valence-electron chi connectivity index (χ3n) is 3.10. The Hall–Kier alpha value is -1.36. The smallest absolute Gasteiger partial charge is 0.237 e. The van der Waals surface area contributed by atoms with Gasteiger partial charge in [-0.05, 0) is 33.7 Å². The highest BCUT2D eigenvalue weighted by Crippen LogP contribution is 2.12. The van der Waals surface area contributed by atoms with E-state index in [1.54, 1.807) is 13.2 Å². The largest absolute Gasteiger partial charge is 0.368 e. The van der Waals surface area contributed by atoms with Crippen molar-refractivity contribution in [1.82, 2.24) is 14.9 Å². The summed E-state index contributed by atoms with van der Waals surface area (Å²) >= 11 is 0. The molecule has 5 heteroatoms. The highest BCUT2D eigenvalue weighted by molar-refractivity contribution is 5.84. The topological polar surface area (TPSA) is 72.9 Å². The number of nitrogens with two attached hydrogens (primary N) is 1. The van der Waals surface area contributed by atoms with Crippen LogP contribution in [0.15, 0.2) is 12.4 Å². The van der Waals surface area contributed by atoms with Gasteiger partial charge in [0.25, 0.3) is 0 Å². The van der Waals surface area contributed by atoms with Crippen LogP contribution < -0.4 is 11.1 Å². The van der Waals surface area contributed by atoms with E-state index in [9.17, 15) is 4.79 Å². The molecule has 0 saturated carbocycles. The van der Waals surface area contributed by atoms with Gasteiger partial charge in [0, 0.05) is 18.9 Å². The molecule has 0 spiro atoms. The summed E-state index contributed by atoms with van der Waals surface area (Å²) in [6.45, 7) is 4.65. The predicted octanol–water partition coefficient (Wildman–Crippen LogP) is 0.435. The van der Waals surface area contributed by atoms with Crippen LogP contribution in [0.25, 0.3) is 0 Å². The molecule has 1 unspecified atom stereocenters. The number of aryl methyl sites for hydroxylation is 2. The molecule has 1 heterocycles.